The highest BCUT2D eigenvalue weighted by molar-refractivity contribution is 5.54. The molecule has 0 bridgehead atoms. The maximum Gasteiger partial charge on any atom is 0.0702 e. The van der Waals surface area contributed by atoms with Gasteiger partial charge in [-0.2, -0.15) is 0 Å². The van der Waals surface area contributed by atoms with Gasteiger partial charge in [-0.25, -0.2) is 0 Å². The molecule has 0 aliphatic carbocycles. The predicted molar refractivity (Wildman–Crippen MR) is 69.8 cm³/mol. The van der Waals surface area contributed by atoms with Gasteiger partial charge in [0.1, 0.15) is 0 Å². The van der Waals surface area contributed by atoms with Crippen LogP contribution in [0.5, 0.6) is 0 Å². The summed E-state index contributed by atoms with van der Waals surface area (Å²) in [6.07, 6.45) is 4.07. The van der Waals surface area contributed by atoms with Gasteiger partial charge in [-0.3, -0.25) is 0 Å². The van der Waals surface area contributed by atoms with E-state index in [0.717, 1.165) is 30.6 Å². The van der Waals surface area contributed by atoms with E-state index >= 15 is 0 Å². The molecule has 16 heavy (non-hydrogen) atoms. The Labute approximate surface area is 98.2 Å². The van der Waals surface area contributed by atoms with Crippen molar-refractivity contribution < 1.29 is 5.11 Å². The number of aliphatic hydroxyl groups is 1. The zero-order chi connectivity index (χ0) is 12.0. The van der Waals surface area contributed by atoms with Crippen molar-refractivity contribution in [1.82, 2.24) is 0 Å². The summed E-state index contributed by atoms with van der Waals surface area (Å²) < 4.78 is 0. The molecule has 1 N–H and O–H groups in total. The number of rotatable bonds is 6. The molecule has 1 aromatic carbocycles. The first-order valence-corrected chi connectivity index (χ1v) is 5.71. The van der Waals surface area contributed by atoms with Gasteiger partial charge >= 0.3 is 0 Å². The normalized spacial score (nSPS) is 10.2. The molecular formula is C14H21NO. The summed E-state index contributed by atoms with van der Waals surface area (Å²) in [4.78, 5) is 2.19. The van der Waals surface area contributed by atoms with Gasteiger partial charge in [0.25, 0.3) is 0 Å². The lowest BCUT2D eigenvalue weighted by Gasteiger charge is -2.22. The average Bonchev–Trinajstić information content (AvgIpc) is 2.29. The van der Waals surface area contributed by atoms with Gasteiger partial charge in [0.2, 0.25) is 0 Å². The van der Waals surface area contributed by atoms with Gasteiger partial charge in [0.05, 0.1) is 6.61 Å². The topological polar surface area (TPSA) is 23.5 Å². The van der Waals surface area contributed by atoms with Crippen molar-refractivity contribution >= 4 is 5.69 Å². The molecule has 0 spiro atoms. The number of aryl methyl sites for hydroxylation is 1. The Morgan fingerprint density at radius 3 is 2.81 bits per heavy atom. The molecule has 0 atom stereocenters. The third kappa shape index (κ3) is 3.38. The molecule has 0 heterocycles. The highest BCUT2D eigenvalue weighted by Crippen LogP contribution is 2.21. The standard InChI is InChI=1S/C14H21NO/c1-4-5-6-9-15(3)14-8-7-12(2)10-13(14)11-16/h4,7-8,10,16H,1,5-6,9,11H2,2-3H3. The van der Waals surface area contributed by atoms with Crippen LogP contribution in [0.15, 0.2) is 30.9 Å². The fraction of sp³-hybridized carbons (Fsp3) is 0.429. The van der Waals surface area contributed by atoms with Gasteiger partial charge in [0.15, 0.2) is 0 Å². The third-order valence-corrected chi connectivity index (χ3v) is 2.72. The van der Waals surface area contributed by atoms with Crippen molar-refractivity contribution in [2.75, 3.05) is 18.5 Å². The van der Waals surface area contributed by atoms with Gasteiger partial charge in [-0.05, 0) is 25.8 Å². The zero-order valence-electron chi connectivity index (χ0n) is 10.2. The number of unbranched alkanes of at least 4 members (excludes halogenated alkanes) is 1. The minimum atomic E-state index is 0.100. The summed E-state index contributed by atoms with van der Waals surface area (Å²) in [5.41, 5.74) is 3.31. The number of anilines is 1. The van der Waals surface area contributed by atoms with Crippen molar-refractivity contribution in [3.63, 3.8) is 0 Å². The molecule has 0 aliphatic heterocycles. The number of hydrogen-bond acceptors (Lipinski definition) is 2. The summed E-state index contributed by atoms with van der Waals surface area (Å²) in [6.45, 7) is 6.85. The lowest BCUT2D eigenvalue weighted by atomic mass is 10.1. The molecule has 0 saturated carbocycles. The van der Waals surface area contributed by atoms with Crippen LogP contribution in [0.2, 0.25) is 0 Å². The lowest BCUT2D eigenvalue weighted by Crippen LogP contribution is -2.19. The highest BCUT2D eigenvalue weighted by Gasteiger charge is 2.06. The summed E-state index contributed by atoms with van der Waals surface area (Å²) in [6, 6.07) is 6.20. The van der Waals surface area contributed by atoms with Crippen molar-refractivity contribution in [2.24, 2.45) is 0 Å². The Bertz CT molecular complexity index is 347. The van der Waals surface area contributed by atoms with E-state index in [9.17, 15) is 5.11 Å². The van der Waals surface area contributed by atoms with E-state index in [1.807, 2.05) is 19.1 Å². The Morgan fingerprint density at radius 1 is 1.44 bits per heavy atom. The Balaban J connectivity index is 2.73. The van der Waals surface area contributed by atoms with Crippen molar-refractivity contribution in [3.05, 3.63) is 42.0 Å². The molecule has 1 aromatic rings. The van der Waals surface area contributed by atoms with Crippen molar-refractivity contribution in [2.45, 2.75) is 26.4 Å². The van der Waals surface area contributed by atoms with Crippen LogP contribution in [0.25, 0.3) is 0 Å². The smallest absolute Gasteiger partial charge is 0.0702 e. The molecule has 88 valence electrons. The minimum Gasteiger partial charge on any atom is -0.392 e. The second-order valence-corrected chi connectivity index (χ2v) is 4.14. The molecule has 1 rings (SSSR count). The van der Waals surface area contributed by atoms with E-state index in [2.05, 4.69) is 30.7 Å². The van der Waals surface area contributed by atoms with E-state index in [1.54, 1.807) is 0 Å². The fourth-order valence-electron chi connectivity index (χ4n) is 1.81. The maximum atomic E-state index is 9.32. The first-order valence-electron chi connectivity index (χ1n) is 5.71. The number of allylic oxidation sites excluding steroid dienone is 1. The summed E-state index contributed by atoms with van der Waals surface area (Å²) in [5, 5.41) is 9.32. The van der Waals surface area contributed by atoms with Crippen LogP contribution >= 0.6 is 0 Å². The molecular weight excluding hydrogens is 198 g/mol. The van der Waals surface area contributed by atoms with E-state index < -0.39 is 0 Å². The second kappa shape index (κ2) is 6.33. The molecule has 0 aromatic heterocycles. The largest absolute Gasteiger partial charge is 0.392 e. The minimum absolute atomic E-state index is 0.100. The summed E-state index contributed by atoms with van der Waals surface area (Å²) >= 11 is 0. The van der Waals surface area contributed by atoms with Crippen LogP contribution in [0.1, 0.15) is 24.0 Å². The van der Waals surface area contributed by atoms with Gasteiger partial charge in [-0.1, -0.05) is 23.8 Å². The molecule has 0 amide bonds. The van der Waals surface area contributed by atoms with Crippen LogP contribution in [-0.2, 0) is 6.61 Å². The van der Waals surface area contributed by atoms with E-state index in [1.165, 1.54) is 5.56 Å². The molecule has 0 fully saturated rings. The quantitative estimate of drug-likeness (QED) is 0.587. The first-order chi connectivity index (χ1) is 7.69. The van der Waals surface area contributed by atoms with Gasteiger partial charge < -0.3 is 10.0 Å². The van der Waals surface area contributed by atoms with Crippen LogP contribution < -0.4 is 4.90 Å². The highest BCUT2D eigenvalue weighted by atomic mass is 16.3. The van der Waals surface area contributed by atoms with Crippen LogP contribution in [0.4, 0.5) is 5.69 Å². The van der Waals surface area contributed by atoms with Gasteiger partial charge in [-0.15, -0.1) is 6.58 Å². The fourth-order valence-corrected chi connectivity index (χ4v) is 1.81. The van der Waals surface area contributed by atoms with Crippen molar-refractivity contribution in [3.8, 4) is 0 Å². The average molecular weight is 219 g/mol. The molecule has 2 heteroatoms. The van der Waals surface area contributed by atoms with E-state index in [-0.39, 0.29) is 6.61 Å². The molecule has 0 radical (unpaired) electrons. The van der Waals surface area contributed by atoms with Crippen LogP contribution in [0.3, 0.4) is 0 Å². The molecule has 2 nitrogen and oxygen atoms in total. The SMILES string of the molecule is C=CCCCN(C)c1ccc(C)cc1CO. The Kier molecular flexibility index (Phi) is 5.06. The summed E-state index contributed by atoms with van der Waals surface area (Å²) in [5.74, 6) is 0. The lowest BCUT2D eigenvalue weighted by molar-refractivity contribution is 0.282. The molecule has 0 saturated heterocycles. The van der Waals surface area contributed by atoms with E-state index in [0.29, 0.717) is 0 Å². The Morgan fingerprint density at radius 2 is 2.19 bits per heavy atom. The molecule has 0 unspecified atom stereocenters. The van der Waals surface area contributed by atoms with Crippen LogP contribution in [-0.4, -0.2) is 18.7 Å². The first kappa shape index (κ1) is 12.8. The third-order valence-electron chi connectivity index (χ3n) is 2.72. The van der Waals surface area contributed by atoms with Crippen LogP contribution in [0, 0.1) is 6.92 Å². The zero-order valence-corrected chi connectivity index (χ0v) is 10.2. The monoisotopic (exact) mass is 219 g/mol. The molecule has 0 aliphatic rings. The van der Waals surface area contributed by atoms with Crippen molar-refractivity contribution in [1.29, 1.82) is 0 Å². The predicted octanol–water partition coefficient (Wildman–Crippen LogP) is 2.89. The maximum absolute atomic E-state index is 9.32. The second-order valence-electron chi connectivity index (χ2n) is 4.14. The number of aliphatic hydroxyl groups excluding tert-OH is 1. The Hall–Kier alpha value is -1.28. The number of nitrogens with zero attached hydrogens (tertiary/aromatic N) is 1. The van der Waals surface area contributed by atoms with E-state index in [4.69, 9.17) is 0 Å². The number of benzene rings is 1. The number of hydrogen-bond donors (Lipinski definition) is 1. The van der Waals surface area contributed by atoms with Gasteiger partial charge in [0, 0.05) is 24.8 Å². The summed E-state index contributed by atoms with van der Waals surface area (Å²) in [7, 11) is 2.06.